The third-order valence-corrected chi connectivity index (χ3v) is 5.71. The Kier molecular flexibility index (Phi) is 7.82. The van der Waals surface area contributed by atoms with E-state index >= 15 is 0 Å². The maximum Gasteiger partial charge on any atom is 0.225 e. The highest BCUT2D eigenvalue weighted by atomic mass is 16.5. The second kappa shape index (κ2) is 10.5. The van der Waals surface area contributed by atoms with E-state index < -0.39 is 0 Å². The highest BCUT2D eigenvalue weighted by Gasteiger charge is 2.30. The Bertz CT molecular complexity index is 621. The van der Waals surface area contributed by atoms with E-state index in [-0.39, 0.29) is 12.5 Å². The lowest BCUT2D eigenvalue weighted by Gasteiger charge is -2.39. The molecule has 2 fully saturated rings. The molecule has 0 saturated carbocycles. The number of aldehydes is 1. The molecule has 2 aliphatic rings. The van der Waals surface area contributed by atoms with Crippen LogP contribution < -0.4 is 4.90 Å². The fraction of sp³-hybridized carbons (Fsp3) is 0.619. The van der Waals surface area contributed by atoms with E-state index in [4.69, 9.17) is 9.84 Å². The van der Waals surface area contributed by atoms with Gasteiger partial charge < -0.3 is 19.6 Å². The number of ether oxygens (including phenoxy) is 1. The molecule has 7 nitrogen and oxygen atoms in total. The number of aliphatic hydroxyl groups excluding tert-OH is 1. The van der Waals surface area contributed by atoms with Crippen LogP contribution in [-0.4, -0.2) is 92.7 Å². The van der Waals surface area contributed by atoms with Gasteiger partial charge in [-0.2, -0.15) is 0 Å². The fourth-order valence-corrected chi connectivity index (χ4v) is 3.96. The van der Waals surface area contributed by atoms with E-state index in [1.165, 1.54) is 0 Å². The number of piperidine rings is 1. The maximum absolute atomic E-state index is 12.9. The van der Waals surface area contributed by atoms with E-state index in [2.05, 4.69) is 9.80 Å². The van der Waals surface area contributed by atoms with Crippen LogP contribution in [0.5, 0.6) is 0 Å². The molecular weight excluding hydrogens is 358 g/mol. The van der Waals surface area contributed by atoms with Crippen LogP contribution in [0.15, 0.2) is 24.3 Å². The van der Waals surface area contributed by atoms with E-state index in [0.29, 0.717) is 24.7 Å². The van der Waals surface area contributed by atoms with Gasteiger partial charge in [-0.1, -0.05) is 0 Å². The zero-order valence-corrected chi connectivity index (χ0v) is 16.5. The van der Waals surface area contributed by atoms with Crippen molar-refractivity contribution >= 4 is 17.9 Å². The summed E-state index contributed by atoms with van der Waals surface area (Å²) in [6.07, 6.45) is 2.61. The molecule has 1 amide bonds. The first kappa shape index (κ1) is 20.8. The number of benzene rings is 1. The van der Waals surface area contributed by atoms with Crippen LogP contribution in [-0.2, 0) is 9.53 Å². The number of piperazine rings is 1. The average Bonchev–Trinajstić information content (AvgIpc) is 2.77. The number of anilines is 1. The van der Waals surface area contributed by atoms with Crippen LogP contribution in [0.3, 0.4) is 0 Å². The van der Waals surface area contributed by atoms with Crippen molar-refractivity contribution in [2.45, 2.75) is 12.8 Å². The molecular formula is C21H31N3O4. The highest BCUT2D eigenvalue weighted by molar-refractivity contribution is 5.79. The van der Waals surface area contributed by atoms with Gasteiger partial charge in [0.05, 0.1) is 19.8 Å². The van der Waals surface area contributed by atoms with Gasteiger partial charge in [0.1, 0.15) is 6.29 Å². The minimum absolute atomic E-state index is 0.0607. The number of nitrogens with zero attached hydrogens (tertiary/aromatic N) is 3. The molecule has 2 aliphatic heterocycles. The molecule has 1 aromatic rings. The topological polar surface area (TPSA) is 73.3 Å². The zero-order chi connectivity index (χ0) is 19.8. The van der Waals surface area contributed by atoms with Crippen molar-refractivity contribution in [2.24, 2.45) is 5.92 Å². The van der Waals surface area contributed by atoms with E-state index in [0.717, 1.165) is 70.6 Å². The summed E-state index contributed by atoms with van der Waals surface area (Å²) in [5.41, 5.74) is 1.81. The monoisotopic (exact) mass is 389 g/mol. The number of hydrogen-bond donors (Lipinski definition) is 1. The maximum atomic E-state index is 12.9. The largest absolute Gasteiger partial charge is 0.394 e. The van der Waals surface area contributed by atoms with E-state index in [1.807, 2.05) is 29.2 Å². The molecule has 0 aliphatic carbocycles. The highest BCUT2D eigenvalue weighted by Crippen LogP contribution is 2.25. The molecule has 0 radical (unpaired) electrons. The van der Waals surface area contributed by atoms with Gasteiger partial charge >= 0.3 is 0 Å². The van der Waals surface area contributed by atoms with Crippen LogP contribution in [0.1, 0.15) is 23.2 Å². The van der Waals surface area contributed by atoms with Gasteiger partial charge in [-0.25, -0.2) is 0 Å². The van der Waals surface area contributed by atoms with Gasteiger partial charge in [-0.3, -0.25) is 14.5 Å². The van der Waals surface area contributed by atoms with Crippen LogP contribution in [0.2, 0.25) is 0 Å². The van der Waals surface area contributed by atoms with Gasteiger partial charge in [0.25, 0.3) is 0 Å². The average molecular weight is 389 g/mol. The lowest BCUT2D eigenvalue weighted by atomic mass is 9.94. The first-order valence-electron chi connectivity index (χ1n) is 10.2. The Morgan fingerprint density at radius 3 is 2.32 bits per heavy atom. The normalized spacial score (nSPS) is 19.0. The summed E-state index contributed by atoms with van der Waals surface area (Å²) in [6, 6.07) is 7.65. The molecule has 0 atom stereocenters. The van der Waals surface area contributed by atoms with Crippen LogP contribution in [0.25, 0.3) is 0 Å². The second-order valence-electron chi connectivity index (χ2n) is 7.47. The second-order valence-corrected chi connectivity index (χ2v) is 7.47. The Morgan fingerprint density at radius 1 is 1.04 bits per heavy atom. The summed E-state index contributed by atoms with van der Waals surface area (Å²) in [5.74, 6) is 0.414. The van der Waals surface area contributed by atoms with E-state index in [1.54, 1.807) is 0 Å². The number of amides is 1. The molecule has 1 N–H and O–H groups in total. The summed E-state index contributed by atoms with van der Waals surface area (Å²) in [4.78, 5) is 30.3. The van der Waals surface area contributed by atoms with Crippen LogP contribution in [0.4, 0.5) is 5.69 Å². The molecule has 154 valence electrons. The van der Waals surface area contributed by atoms with Crippen molar-refractivity contribution < 1.29 is 19.4 Å². The lowest BCUT2D eigenvalue weighted by Crippen LogP contribution is -2.52. The molecule has 2 saturated heterocycles. The smallest absolute Gasteiger partial charge is 0.225 e. The molecule has 0 unspecified atom stereocenters. The molecule has 0 bridgehead atoms. The minimum Gasteiger partial charge on any atom is -0.394 e. The molecule has 2 heterocycles. The summed E-state index contributed by atoms with van der Waals surface area (Å²) in [7, 11) is 0. The van der Waals surface area contributed by atoms with Crippen molar-refractivity contribution in [3.63, 3.8) is 0 Å². The lowest BCUT2D eigenvalue weighted by molar-refractivity contribution is -0.138. The number of aliphatic hydroxyl groups is 1. The summed E-state index contributed by atoms with van der Waals surface area (Å²) in [6.45, 7) is 7.01. The van der Waals surface area contributed by atoms with Gasteiger partial charge in [0.15, 0.2) is 0 Å². The number of carbonyl (C=O) groups excluding carboxylic acids is 2. The molecule has 7 heteroatoms. The molecule has 3 rings (SSSR count). The standard InChI is InChI=1S/C21H31N3O4/c25-14-16-28-15-13-22-9-11-24(12-10-22)21(27)19-5-7-23(8-6-19)20-3-1-18(17-26)2-4-20/h1-4,17,19,25H,5-16H2. The molecule has 1 aromatic carbocycles. The van der Waals surface area contributed by atoms with Crippen molar-refractivity contribution in [3.05, 3.63) is 29.8 Å². The minimum atomic E-state index is 0.0607. The van der Waals surface area contributed by atoms with Crippen molar-refractivity contribution in [1.82, 2.24) is 9.80 Å². The Hall–Kier alpha value is -1.96. The summed E-state index contributed by atoms with van der Waals surface area (Å²) >= 11 is 0. The first-order chi connectivity index (χ1) is 13.7. The fourth-order valence-electron chi connectivity index (χ4n) is 3.96. The van der Waals surface area contributed by atoms with Crippen LogP contribution in [0, 0.1) is 5.92 Å². The van der Waals surface area contributed by atoms with E-state index in [9.17, 15) is 9.59 Å². The Balaban J connectivity index is 1.40. The third-order valence-electron chi connectivity index (χ3n) is 5.71. The van der Waals surface area contributed by atoms with Crippen LogP contribution >= 0.6 is 0 Å². The number of rotatable bonds is 8. The van der Waals surface area contributed by atoms with Gasteiger partial charge in [-0.05, 0) is 37.1 Å². The quantitative estimate of drug-likeness (QED) is 0.525. The van der Waals surface area contributed by atoms with Gasteiger partial charge in [0, 0.05) is 63.0 Å². The summed E-state index contributed by atoms with van der Waals surface area (Å²) in [5, 5.41) is 8.73. The SMILES string of the molecule is O=Cc1ccc(N2CCC(C(=O)N3CCN(CCOCCO)CC3)CC2)cc1. The van der Waals surface area contributed by atoms with Crippen molar-refractivity contribution in [1.29, 1.82) is 0 Å². The molecule has 0 spiro atoms. The summed E-state index contributed by atoms with van der Waals surface area (Å²) < 4.78 is 5.32. The van der Waals surface area contributed by atoms with Gasteiger partial charge in [-0.15, -0.1) is 0 Å². The predicted octanol–water partition coefficient (Wildman–Crippen LogP) is 0.869. The Morgan fingerprint density at radius 2 is 1.71 bits per heavy atom. The third kappa shape index (κ3) is 5.53. The van der Waals surface area contributed by atoms with Gasteiger partial charge in [0.2, 0.25) is 5.91 Å². The molecule has 0 aromatic heterocycles. The zero-order valence-electron chi connectivity index (χ0n) is 16.5. The Labute approximate surface area is 166 Å². The predicted molar refractivity (Wildman–Crippen MR) is 108 cm³/mol. The number of carbonyl (C=O) groups is 2. The van der Waals surface area contributed by atoms with Crippen molar-refractivity contribution in [3.8, 4) is 0 Å². The first-order valence-corrected chi connectivity index (χ1v) is 10.2. The molecule has 28 heavy (non-hydrogen) atoms. The van der Waals surface area contributed by atoms with Crippen molar-refractivity contribution in [2.75, 3.05) is 70.5 Å². The number of hydrogen-bond acceptors (Lipinski definition) is 6.